The molecule has 5 heteroatoms. The third-order valence-corrected chi connectivity index (χ3v) is 4.12. The lowest BCUT2D eigenvalue weighted by atomic mass is 10.2. The summed E-state index contributed by atoms with van der Waals surface area (Å²) in [7, 11) is 1.90. The highest BCUT2D eigenvalue weighted by Crippen LogP contribution is 2.20. The Balaban J connectivity index is 2.04. The minimum atomic E-state index is 0.109. The molecule has 1 fully saturated rings. The maximum Gasteiger partial charge on any atom is 0.264 e. The zero-order valence-electron chi connectivity index (χ0n) is 10.9. The number of likely N-dealkylation sites (N-methyl/N-ethyl adjacent to an activating group) is 1. The second kappa shape index (κ2) is 6.31. The summed E-state index contributed by atoms with van der Waals surface area (Å²) in [6.07, 6.45) is 1.02. The van der Waals surface area contributed by atoms with E-state index in [0.717, 1.165) is 23.4 Å². The van der Waals surface area contributed by atoms with Gasteiger partial charge in [-0.05, 0) is 30.5 Å². The number of hydrogen-bond acceptors (Lipinski definition) is 4. The molecular weight excluding hydrogens is 248 g/mol. The van der Waals surface area contributed by atoms with Crippen LogP contribution in [-0.2, 0) is 11.2 Å². The van der Waals surface area contributed by atoms with E-state index >= 15 is 0 Å². The third kappa shape index (κ3) is 2.91. The number of rotatable bonds is 4. The molecule has 0 spiro atoms. The first-order valence-electron chi connectivity index (χ1n) is 6.38. The third-order valence-electron chi connectivity index (χ3n) is 3.18. The van der Waals surface area contributed by atoms with E-state index in [1.54, 1.807) is 11.3 Å². The summed E-state index contributed by atoms with van der Waals surface area (Å²) in [6.45, 7) is 4.88. The zero-order chi connectivity index (χ0) is 13.0. The molecule has 1 amide bonds. The first-order valence-corrected chi connectivity index (χ1v) is 7.26. The highest BCUT2D eigenvalue weighted by Gasteiger charge is 2.26. The van der Waals surface area contributed by atoms with Crippen molar-refractivity contribution in [2.24, 2.45) is 0 Å². The molecule has 1 aliphatic rings. The van der Waals surface area contributed by atoms with Crippen LogP contribution in [0.1, 0.15) is 22.2 Å². The molecule has 0 aromatic carbocycles. The van der Waals surface area contributed by atoms with Gasteiger partial charge in [0.25, 0.3) is 5.91 Å². The fourth-order valence-corrected chi connectivity index (χ4v) is 3.16. The van der Waals surface area contributed by atoms with E-state index in [2.05, 4.69) is 12.2 Å². The lowest BCUT2D eigenvalue weighted by Crippen LogP contribution is -2.48. The Hall–Kier alpha value is -0.910. The topological polar surface area (TPSA) is 41.6 Å². The summed E-state index contributed by atoms with van der Waals surface area (Å²) in [6, 6.07) is 2.05. The van der Waals surface area contributed by atoms with Gasteiger partial charge < -0.3 is 15.0 Å². The van der Waals surface area contributed by atoms with Crippen LogP contribution in [0.25, 0.3) is 0 Å². The summed E-state index contributed by atoms with van der Waals surface area (Å²) < 4.78 is 5.62. The van der Waals surface area contributed by atoms with Crippen molar-refractivity contribution in [2.75, 3.05) is 33.3 Å². The van der Waals surface area contributed by atoms with Crippen molar-refractivity contribution in [2.45, 2.75) is 19.4 Å². The van der Waals surface area contributed by atoms with Crippen LogP contribution in [0.4, 0.5) is 0 Å². The molecule has 1 aromatic rings. The average molecular weight is 268 g/mol. The van der Waals surface area contributed by atoms with E-state index in [-0.39, 0.29) is 12.0 Å². The van der Waals surface area contributed by atoms with Gasteiger partial charge in [0.15, 0.2) is 0 Å². The van der Waals surface area contributed by atoms with Gasteiger partial charge in [0.05, 0.1) is 17.6 Å². The molecular formula is C13H20N2O2S. The van der Waals surface area contributed by atoms with Crippen LogP contribution in [0.15, 0.2) is 11.4 Å². The Morgan fingerprint density at radius 2 is 2.50 bits per heavy atom. The molecule has 100 valence electrons. The van der Waals surface area contributed by atoms with Gasteiger partial charge in [0.2, 0.25) is 0 Å². The highest BCUT2D eigenvalue weighted by molar-refractivity contribution is 7.12. The Labute approximate surface area is 112 Å². The second-order valence-corrected chi connectivity index (χ2v) is 5.35. The predicted octanol–water partition coefficient (Wildman–Crippen LogP) is 1.37. The van der Waals surface area contributed by atoms with Crippen molar-refractivity contribution < 1.29 is 9.53 Å². The average Bonchev–Trinajstić information content (AvgIpc) is 2.87. The Morgan fingerprint density at radius 1 is 1.67 bits per heavy atom. The normalized spacial score (nSPS) is 20.1. The van der Waals surface area contributed by atoms with Gasteiger partial charge in [0.1, 0.15) is 0 Å². The molecule has 4 nitrogen and oxygen atoms in total. The molecule has 2 heterocycles. The van der Waals surface area contributed by atoms with Gasteiger partial charge in [0, 0.05) is 19.6 Å². The number of ether oxygens (including phenoxy) is 1. The quantitative estimate of drug-likeness (QED) is 0.897. The monoisotopic (exact) mass is 268 g/mol. The van der Waals surface area contributed by atoms with Crippen molar-refractivity contribution in [3.8, 4) is 0 Å². The molecule has 1 aromatic heterocycles. The molecule has 0 radical (unpaired) electrons. The fourth-order valence-electron chi connectivity index (χ4n) is 2.20. The van der Waals surface area contributed by atoms with Crippen molar-refractivity contribution in [1.29, 1.82) is 0 Å². The number of amides is 1. The maximum absolute atomic E-state index is 12.5. The van der Waals surface area contributed by atoms with E-state index in [0.29, 0.717) is 19.7 Å². The van der Waals surface area contributed by atoms with Gasteiger partial charge in [-0.3, -0.25) is 4.79 Å². The van der Waals surface area contributed by atoms with Crippen LogP contribution in [0, 0.1) is 0 Å². The number of aryl methyl sites for hydroxylation is 1. The van der Waals surface area contributed by atoms with Crippen molar-refractivity contribution in [3.05, 3.63) is 21.9 Å². The largest absolute Gasteiger partial charge is 0.373 e. The lowest BCUT2D eigenvalue weighted by molar-refractivity contribution is -0.0194. The fraction of sp³-hybridized carbons (Fsp3) is 0.615. The molecule has 1 unspecified atom stereocenters. The predicted molar refractivity (Wildman–Crippen MR) is 73.3 cm³/mol. The molecule has 1 N–H and O–H groups in total. The van der Waals surface area contributed by atoms with Gasteiger partial charge in [-0.25, -0.2) is 0 Å². The number of hydrogen-bond donors (Lipinski definition) is 1. The molecule has 2 rings (SSSR count). The Morgan fingerprint density at radius 3 is 3.22 bits per heavy atom. The van der Waals surface area contributed by atoms with Crippen LogP contribution >= 0.6 is 11.3 Å². The van der Waals surface area contributed by atoms with Gasteiger partial charge in [-0.1, -0.05) is 6.92 Å². The Kier molecular flexibility index (Phi) is 4.74. The van der Waals surface area contributed by atoms with E-state index in [4.69, 9.17) is 4.74 Å². The number of morpholine rings is 1. The smallest absolute Gasteiger partial charge is 0.264 e. The van der Waals surface area contributed by atoms with Crippen LogP contribution in [0.5, 0.6) is 0 Å². The number of carbonyl (C=O) groups is 1. The van der Waals surface area contributed by atoms with Gasteiger partial charge in [-0.2, -0.15) is 0 Å². The van der Waals surface area contributed by atoms with E-state index in [1.807, 2.05) is 23.4 Å². The Bertz CT molecular complexity index is 403. The summed E-state index contributed by atoms with van der Waals surface area (Å²) in [5.41, 5.74) is 1.15. The van der Waals surface area contributed by atoms with E-state index in [9.17, 15) is 4.79 Å². The molecule has 1 saturated heterocycles. The number of nitrogens with one attached hydrogen (secondary N) is 1. The number of nitrogens with zero attached hydrogens (tertiary/aromatic N) is 1. The van der Waals surface area contributed by atoms with Crippen LogP contribution < -0.4 is 5.32 Å². The van der Waals surface area contributed by atoms with Crippen molar-refractivity contribution in [3.63, 3.8) is 0 Å². The molecule has 1 aliphatic heterocycles. The van der Waals surface area contributed by atoms with Crippen molar-refractivity contribution >= 4 is 17.2 Å². The van der Waals surface area contributed by atoms with Gasteiger partial charge in [-0.15, -0.1) is 11.3 Å². The molecule has 0 saturated carbocycles. The van der Waals surface area contributed by atoms with E-state index in [1.165, 1.54) is 0 Å². The molecule has 1 atom stereocenters. The van der Waals surface area contributed by atoms with Crippen LogP contribution in [0.3, 0.4) is 0 Å². The minimum absolute atomic E-state index is 0.109. The first-order chi connectivity index (χ1) is 8.76. The maximum atomic E-state index is 12.5. The standard InChI is InChI=1S/C13H20N2O2S/c1-3-10-4-7-18-12(10)13(16)15-5-6-17-11(9-15)8-14-2/h4,7,11,14H,3,5-6,8-9H2,1-2H3. The summed E-state index contributed by atoms with van der Waals surface area (Å²) in [4.78, 5) is 15.3. The first kappa shape index (κ1) is 13.5. The summed E-state index contributed by atoms with van der Waals surface area (Å²) in [5, 5.41) is 5.09. The number of carbonyl (C=O) groups excluding carboxylic acids is 1. The lowest BCUT2D eigenvalue weighted by Gasteiger charge is -2.32. The minimum Gasteiger partial charge on any atom is -0.373 e. The van der Waals surface area contributed by atoms with Crippen LogP contribution in [0.2, 0.25) is 0 Å². The molecule has 0 bridgehead atoms. The number of thiophene rings is 1. The zero-order valence-corrected chi connectivity index (χ0v) is 11.8. The van der Waals surface area contributed by atoms with Crippen molar-refractivity contribution in [1.82, 2.24) is 10.2 Å². The summed E-state index contributed by atoms with van der Waals surface area (Å²) in [5.74, 6) is 0.159. The van der Waals surface area contributed by atoms with Crippen LogP contribution in [-0.4, -0.2) is 50.2 Å². The van der Waals surface area contributed by atoms with E-state index < -0.39 is 0 Å². The SMILES string of the molecule is CCc1ccsc1C(=O)N1CCOC(CNC)C1. The van der Waals surface area contributed by atoms with Gasteiger partial charge >= 0.3 is 0 Å². The summed E-state index contributed by atoms with van der Waals surface area (Å²) >= 11 is 1.54. The second-order valence-electron chi connectivity index (χ2n) is 4.43. The highest BCUT2D eigenvalue weighted by atomic mass is 32.1. The molecule has 0 aliphatic carbocycles. The molecule has 18 heavy (non-hydrogen) atoms.